The molecule has 0 spiro atoms. The minimum absolute atomic E-state index is 0.283. The first kappa shape index (κ1) is 10.4. The van der Waals surface area contributed by atoms with Crippen LogP contribution in [0.4, 0.5) is 4.39 Å². The van der Waals surface area contributed by atoms with Crippen LogP contribution in [0.15, 0.2) is 30.6 Å². The maximum Gasteiger partial charge on any atom is 0.338 e. The summed E-state index contributed by atoms with van der Waals surface area (Å²) in [5, 5.41) is 12.8. The van der Waals surface area contributed by atoms with Crippen molar-refractivity contribution in [2.24, 2.45) is 0 Å². The predicted octanol–water partition coefficient (Wildman–Crippen LogP) is 2.02. The van der Waals surface area contributed by atoms with Gasteiger partial charge in [-0.15, -0.1) is 0 Å². The van der Waals surface area contributed by atoms with E-state index in [1.165, 1.54) is 17.7 Å². The molecule has 5 heteroatoms. The van der Waals surface area contributed by atoms with Gasteiger partial charge in [0.25, 0.3) is 0 Å². The van der Waals surface area contributed by atoms with Gasteiger partial charge in [-0.3, -0.25) is 0 Å². The molecule has 0 aliphatic carbocycles. The second-order valence-corrected chi connectivity index (χ2v) is 3.38. The molecule has 0 amide bonds. The van der Waals surface area contributed by atoms with Crippen LogP contribution in [0.2, 0.25) is 0 Å². The molecule has 4 nitrogen and oxygen atoms in total. The van der Waals surface area contributed by atoms with Gasteiger partial charge in [0.1, 0.15) is 5.82 Å². The number of aromatic nitrogens is 2. The van der Waals surface area contributed by atoms with Crippen LogP contribution in [0, 0.1) is 12.7 Å². The Morgan fingerprint density at radius 1 is 1.50 bits per heavy atom. The van der Waals surface area contributed by atoms with Crippen molar-refractivity contribution in [1.82, 2.24) is 9.78 Å². The lowest BCUT2D eigenvalue weighted by atomic mass is 10.1. The number of aryl methyl sites for hydroxylation is 1. The highest BCUT2D eigenvalue weighted by atomic mass is 19.1. The van der Waals surface area contributed by atoms with Crippen LogP contribution < -0.4 is 0 Å². The van der Waals surface area contributed by atoms with Gasteiger partial charge in [0.2, 0.25) is 0 Å². The van der Waals surface area contributed by atoms with Crippen LogP contribution in [-0.4, -0.2) is 20.9 Å². The Morgan fingerprint density at radius 3 is 2.81 bits per heavy atom. The summed E-state index contributed by atoms with van der Waals surface area (Å²) in [5.41, 5.74) is 0.470. The van der Waals surface area contributed by atoms with E-state index in [4.69, 9.17) is 5.11 Å². The van der Waals surface area contributed by atoms with Crippen LogP contribution in [0.3, 0.4) is 0 Å². The minimum Gasteiger partial charge on any atom is -0.478 e. The number of nitrogens with zero attached hydrogens (tertiary/aromatic N) is 2. The summed E-state index contributed by atoms with van der Waals surface area (Å²) in [5.74, 6) is -1.99. The third-order valence-electron chi connectivity index (χ3n) is 2.24. The molecule has 2 rings (SSSR count). The van der Waals surface area contributed by atoms with Crippen molar-refractivity contribution in [2.45, 2.75) is 6.92 Å². The Labute approximate surface area is 90.9 Å². The van der Waals surface area contributed by atoms with Crippen molar-refractivity contribution in [2.75, 3.05) is 0 Å². The van der Waals surface area contributed by atoms with Crippen molar-refractivity contribution >= 4 is 5.97 Å². The number of hydrogen-bond acceptors (Lipinski definition) is 2. The Balaban J connectivity index is 2.62. The highest BCUT2D eigenvalue weighted by Gasteiger charge is 2.14. The van der Waals surface area contributed by atoms with Crippen LogP contribution in [0.1, 0.15) is 15.9 Å². The van der Waals surface area contributed by atoms with E-state index in [0.29, 0.717) is 5.69 Å². The average Bonchev–Trinajstić information content (AvgIpc) is 2.74. The first-order chi connectivity index (χ1) is 7.59. The molecule has 1 aromatic heterocycles. The van der Waals surface area contributed by atoms with E-state index < -0.39 is 11.8 Å². The van der Waals surface area contributed by atoms with Gasteiger partial charge >= 0.3 is 5.97 Å². The third kappa shape index (κ3) is 1.67. The second-order valence-electron chi connectivity index (χ2n) is 3.38. The van der Waals surface area contributed by atoms with Gasteiger partial charge in [-0.05, 0) is 30.7 Å². The highest BCUT2D eigenvalue weighted by Crippen LogP contribution is 2.18. The molecule has 0 saturated heterocycles. The third-order valence-corrected chi connectivity index (χ3v) is 2.24. The summed E-state index contributed by atoms with van der Waals surface area (Å²) in [4.78, 5) is 10.8. The lowest BCUT2D eigenvalue weighted by molar-refractivity contribution is 0.0691. The maximum absolute atomic E-state index is 13.5. The van der Waals surface area contributed by atoms with Crippen molar-refractivity contribution in [3.63, 3.8) is 0 Å². The van der Waals surface area contributed by atoms with Gasteiger partial charge in [0.15, 0.2) is 0 Å². The summed E-state index contributed by atoms with van der Waals surface area (Å²) in [6.45, 7) is 1.52. The second kappa shape index (κ2) is 3.77. The molecule has 1 N–H and O–H groups in total. The zero-order valence-corrected chi connectivity index (χ0v) is 8.51. The molecule has 82 valence electrons. The topological polar surface area (TPSA) is 55.1 Å². The number of rotatable bonds is 2. The molecule has 1 heterocycles. The standard InChI is InChI=1S/C11H9FN2O2/c1-7-5-8(14-4-2-3-13-14)6-9(10(7)12)11(15)16/h2-6H,1H3,(H,15,16). The predicted molar refractivity (Wildman–Crippen MR) is 55.2 cm³/mol. The van der Waals surface area contributed by atoms with Crippen molar-refractivity contribution in [3.8, 4) is 5.69 Å². The molecule has 0 saturated carbocycles. The molecule has 0 fully saturated rings. The van der Waals surface area contributed by atoms with E-state index in [2.05, 4.69) is 5.10 Å². The van der Waals surface area contributed by atoms with E-state index in [1.807, 2.05) is 0 Å². The molecule has 0 unspecified atom stereocenters. The largest absolute Gasteiger partial charge is 0.478 e. The zero-order valence-electron chi connectivity index (χ0n) is 8.51. The van der Waals surface area contributed by atoms with E-state index in [0.717, 1.165) is 0 Å². The number of carboxylic acids is 1. The Kier molecular flexibility index (Phi) is 2.44. The van der Waals surface area contributed by atoms with E-state index in [1.54, 1.807) is 24.5 Å². The Hall–Kier alpha value is -2.17. The van der Waals surface area contributed by atoms with Crippen LogP contribution in [0.5, 0.6) is 0 Å². The molecule has 16 heavy (non-hydrogen) atoms. The summed E-state index contributed by atoms with van der Waals surface area (Å²) >= 11 is 0. The fourth-order valence-corrected chi connectivity index (χ4v) is 1.46. The SMILES string of the molecule is Cc1cc(-n2cccn2)cc(C(=O)O)c1F. The Morgan fingerprint density at radius 2 is 2.25 bits per heavy atom. The molecule has 0 aliphatic rings. The smallest absolute Gasteiger partial charge is 0.338 e. The molecule has 0 aliphatic heterocycles. The summed E-state index contributed by atoms with van der Waals surface area (Å²) < 4.78 is 14.9. The van der Waals surface area contributed by atoms with Gasteiger partial charge in [-0.1, -0.05) is 0 Å². The minimum atomic E-state index is -1.28. The Bertz CT molecular complexity index is 535. The van der Waals surface area contributed by atoms with Crippen molar-refractivity contribution in [3.05, 3.63) is 47.5 Å². The number of carboxylic acid groups (broad SMARTS) is 1. The lowest BCUT2D eigenvalue weighted by Gasteiger charge is -2.06. The molecule has 2 aromatic rings. The van der Waals surface area contributed by atoms with Gasteiger partial charge in [0.05, 0.1) is 11.3 Å². The molecule has 1 aromatic carbocycles. The van der Waals surface area contributed by atoms with Crippen LogP contribution >= 0.6 is 0 Å². The number of aromatic carboxylic acids is 1. The van der Waals surface area contributed by atoms with Gasteiger partial charge in [0, 0.05) is 12.4 Å². The first-order valence-corrected chi connectivity index (χ1v) is 4.63. The zero-order chi connectivity index (χ0) is 11.7. The molecule has 0 bridgehead atoms. The molecular formula is C11H9FN2O2. The summed E-state index contributed by atoms with van der Waals surface area (Å²) in [7, 11) is 0. The fourth-order valence-electron chi connectivity index (χ4n) is 1.46. The number of carbonyl (C=O) groups is 1. The summed E-state index contributed by atoms with van der Waals surface area (Å²) in [6, 6.07) is 4.52. The van der Waals surface area contributed by atoms with Crippen molar-refractivity contribution < 1.29 is 14.3 Å². The van der Waals surface area contributed by atoms with E-state index in [-0.39, 0.29) is 11.1 Å². The van der Waals surface area contributed by atoms with Crippen LogP contribution in [0.25, 0.3) is 5.69 Å². The average molecular weight is 220 g/mol. The van der Waals surface area contributed by atoms with E-state index in [9.17, 15) is 9.18 Å². The monoisotopic (exact) mass is 220 g/mol. The molecule has 0 radical (unpaired) electrons. The number of benzene rings is 1. The van der Waals surface area contributed by atoms with Gasteiger partial charge in [-0.25, -0.2) is 13.9 Å². The lowest BCUT2D eigenvalue weighted by Crippen LogP contribution is -2.05. The van der Waals surface area contributed by atoms with Gasteiger partial charge in [-0.2, -0.15) is 5.10 Å². The van der Waals surface area contributed by atoms with E-state index >= 15 is 0 Å². The van der Waals surface area contributed by atoms with Crippen LogP contribution in [-0.2, 0) is 0 Å². The number of hydrogen-bond donors (Lipinski definition) is 1. The summed E-state index contributed by atoms with van der Waals surface area (Å²) in [6.07, 6.45) is 3.23. The first-order valence-electron chi connectivity index (χ1n) is 4.63. The fraction of sp³-hybridized carbons (Fsp3) is 0.0909. The van der Waals surface area contributed by atoms with Crippen molar-refractivity contribution in [1.29, 1.82) is 0 Å². The van der Waals surface area contributed by atoms with Gasteiger partial charge < -0.3 is 5.11 Å². The quantitative estimate of drug-likeness (QED) is 0.842. The highest BCUT2D eigenvalue weighted by molar-refractivity contribution is 5.89. The maximum atomic E-state index is 13.5. The molecule has 0 atom stereocenters. The number of halogens is 1. The normalized spacial score (nSPS) is 10.4. The molecular weight excluding hydrogens is 211 g/mol.